The molecule has 0 atom stereocenters. The Kier molecular flexibility index (Phi) is 5.03. The average Bonchev–Trinajstić information content (AvgIpc) is 2.84. The number of nitrogens with zero attached hydrogens (tertiary/aromatic N) is 2. The van der Waals surface area contributed by atoms with Crippen LogP contribution in [0.3, 0.4) is 0 Å². The highest BCUT2D eigenvalue weighted by molar-refractivity contribution is 7.89. The Morgan fingerprint density at radius 3 is 2.87 bits per heavy atom. The summed E-state index contributed by atoms with van der Waals surface area (Å²) < 4.78 is 26.2. The van der Waals surface area contributed by atoms with Gasteiger partial charge in [-0.1, -0.05) is 19.8 Å². The summed E-state index contributed by atoms with van der Waals surface area (Å²) in [5, 5.41) is 3.50. The van der Waals surface area contributed by atoms with Crippen LogP contribution in [0, 0.1) is 5.92 Å². The molecule has 0 spiro atoms. The molecule has 8 heteroatoms. The summed E-state index contributed by atoms with van der Waals surface area (Å²) in [7, 11) is -3.19. The largest absolute Gasteiger partial charge is 0.302 e. The summed E-state index contributed by atoms with van der Waals surface area (Å²) in [5.41, 5.74) is 0.931. The predicted molar refractivity (Wildman–Crippen MR) is 90.9 cm³/mol. The van der Waals surface area contributed by atoms with Gasteiger partial charge in [-0.3, -0.25) is 4.79 Å². The SMILES string of the molecule is CCCCS(=O)(=O)N1CCc2nc(NC(=O)C3CCC3)sc2C1. The molecular weight excluding hydrogens is 334 g/mol. The summed E-state index contributed by atoms with van der Waals surface area (Å²) >= 11 is 1.41. The maximum absolute atomic E-state index is 12.3. The first-order valence-corrected chi connectivity index (χ1v) is 10.7. The molecule has 0 aromatic carbocycles. The van der Waals surface area contributed by atoms with Crippen LogP contribution >= 0.6 is 11.3 Å². The number of thiazole rings is 1. The number of nitrogens with one attached hydrogen (secondary N) is 1. The van der Waals surface area contributed by atoms with E-state index in [1.807, 2.05) is 6.92 Å². The van der Waals surface area contributed by atoms with Crippen molar-refractivity contribution in [3.63, 3.8) is 0 Å². The number of amides is 1. The number of sulfonamides is 1. The zero-order chi connectivity index (χ0) is 16.4. The molecule has 0 unspecified atom stereocenters. The summed E-state index contributed by atoms with van der Waals surface area (Å²) in [4.78, 5) is 17.4. The molecule has 0 bridgehead atoms. The highest BCUT2D eigenvalue weighted by atomic mass is 32.2. The quantitative estimate of drug-likeness (QED) is 0.848. The fourth-order valence-corrected chi connectivity index (χ4v) is 5.51. The molecule has 6 nitrogen and oxygen atoms in total. The molecule has 0 saturated heterocycles. The van der Waals surface area contributed by atoms with Crippen LogP contribution in [0.2, 0.25) is 0 Å². The topological polar surface area (TPSA) is 79.4 Å². The van der Waals surface area contributed by atoms with Crippen LogP contribution in [0.25, 0.3) is 0 Å². The number of fused-ring (bicyclic) bond motifs is 1. The molecule has 1 aliphatic heterocycles. The lowest BCUT2D eigenvalue weighted by Crippen LogP contribution is -2.37. The lowest BCUT2D eigenvalue weighted by atomic mass is 9.85. The van der Waals surface area contributed by atoms with Crippen LogP contribution in [-0.4, -0.2) is 35.9 Å². The number of carbonyl (C=O) groups is 1. The molecule has 1 fully saturated rings. The van der Waals surface area contributed by atoms with Crippen LogP contribution in [0.4, 0.5) is 5.13 Å². The maximum Gasteiger partial charge on any atom is 0.229 e. The normalized spacial score (nSPS) is 19.2. The van der Waals surface area contributed by atoms with Gasteiger partial charge in [-0.25, -0.2) is 13.4 Å². The van der Waals surface area contributed by atoms with Crippen molar-refractivity contribution < 1.29 is 13.2 Å². The molecule has 128 valence electrons. The second-order valence-corrected chi connectivity index (χ2v) is 9.43. The molecule has 1 amide bonds. The second-order valence-electron chi connectivity index (χ2n) is 6.26. The Morgan fingerprint density at radius 1 is 1.43 bits per heavy atom. The smallest absolute Gasteiger partial charge is 0.229 e. The van der Waals surface area contributed by atoms with Gasteiger partial charge in [-0.05, 0) is 19.3 Å². The number of unbranched alkanes of at least 4 members (excludes halogenated alkanes) is 1. The van der Waals surface area contributed by atoms with Crippen LogP contribution in [0.5, 0.6) is 0 Å². The van der Waals surface area contributed by atoms with Crippen molar-refractivity contribution in [2.75, 3.05) is 17.6 Å². The lowest BCUT2D eigenvalue weighted by Gasteiger charge is -2.25. The van der Waals surface area contributed by atoms with Gasteiger partial charge in [0.15, 0.2) is 5.13 Å². The zero-order valence-electron chi connectivity index (χ0n) is 13.4. The number of hydrogen-bond acceptors (Lipinski definition) is 5. The maximum atomic E-state index is 12.3. The van der Waals surface area contributed by atoms with Crippen molar-refractivity contribution in [1.82, 2.24) is 9.29 Å². The Balaban J connectivity index is 1.65. The molecule has 1 N–H and O–H groups in total. The molecule has 23 heavy (non-hydrogen) atoms. The van der Waals surface area contributed by atoms with E-state index in [1.54, 1.807) is 4.31 Å². The van der Waals surface area contributed by atoms with Crippen molar-refractivity contribution in [2.45, 2.75) is 52.0 Å². The first kappa shape index (κ1) is 16.9. The van der Waals surface area contributed by atoms with E-state index in [2.05, 4.69) is 10.3 Å². The number of aromatic nitrogens is 1. The van der Waals surface area contributed by atoms with Gasteiger partial charge < -0.3 is 5.32 Å². The van der Waals surface area contributed by atoms with Crippen LogP contribution in [0.1, 0.15) is 49.6 Å². The number of hydrogen-bond donors (Lipinski definition) is 1. The van der Waals surface area contributed by atoms with Crippen molar-refractivity contribution in [1.29, 1.82) is 0 Å². The van der Waals surface area contributed by atoms with E-state index in [9.17, 15) is 13.2 Å². The van der Waals surface area contributed by atoms with E-state index in [0.717, 1.165) is 36.3 Å². The Morgan fingerprint density at radius 2 is 2.22 bits per heavy atom. The van der Waals surface area contributed by atoms with E-state index >= 15 is 0 Å². The van der Waals surface area contributed by atoms with Crippen molar-refractivity contribution in [2.24, 2.45) is 5.92 Å². The van der Waals surface area contributed by atoms with Gasteiger partial charge in [0.1, 0.15) is 0 Å². The van der Waals surface area contributed by atoms with Crippen molar-refractivity contribution >= 4 is 32.4 Å². The van der Waals surface area contributed by atoms with Gasteiger partial charge in [0.05, 0.1) is 11.4 Å². The van der Waals surface area contributed by atoms with Gasteiger partial charge in [0, 0.05) is 30.3 Å². The monoisotopic (exact) mass is 357 g/mol. The molecule has 2 heterocycles. The summed E-state index contributed by atoms with van der Waals surface area (Å²) in [6.45, 7) is 2.86. The molecule has 0 radical (unpaired) electrons. The molecule has 2 aliphatic rings. The van der Waals surface area contributed by atoms with Gasteiger partial charge >= 0.3 is 0 Å². The number of rotatable bonds is 6. The fourth-order valence-electron chi connectivity index (χ4n) is 2.80. The first-order valence-electron chi connectivity index (χ1n) is 8.27. The number of anilines is 1. The second kappa shape index (κ2) is 6.86. The van der Waals surface area contributed by atoms with Crippen molar-refractivity contribution in [3.8, 4) is 0 Å². The number of carbonyl (C=O) groups excluding carboxylic acids is 1. The fraction of sp³-hybridized carbons (Fsp3) is 0.733. The minimum Gasteiger partial charge on any atom is -0.302 e. The lowest BCUT2D eigenvalue weighted by molar-refractivity contribution is -0.122. The highest BCUT2D eigenvalue weighted by Gasteiger charge is 2.30. The predicted octanol–water partition coefficient (Wildman–Crippen LogP) is 2.37. The standard InChI is InChI=1S/C15H23N3O3S2/c1-2-3-9-23(20,21)18-8-7-12-13(10-18)22-15(16-12)17-14(19)11-5-4-6-11/h11H,2-10H2,1H3,(H,16,17,19). The minimum atomic E-state index is -3.19. The summed E-state index contributed by atoms with van der Waals surface area (Å²) in [6.07, 6.45) is 5.22. The highest BCUT2D eigenvalue weighted by Crippen LogP contribution is 2.32. The van der Waals surface area contributed by atoms with E-state index in [0.29, 0.717) is 31.1 Å². The molecule has 1 saturated carbocycles. The Bertz CT molecular complexity index is 680. The molecule has 1 aromatic heterocycles. The van der Waals surface area contributed by atoms with E-state index in [4.69, 9.17) is 0 Å². The first-order chi connectivity index (χ1) is 11.0. The zero-order valence-corrected chi connectivity index (χ0v) is 15.0. The minimum absolute atomic E-state index is 0.0507. The Hall–Kier alpha value is -0.990. The van der Waals surface area contributed by atoms with Crippen LogP contribution in [-0.2, 0) is 27.8 Å². The third kappa shape index (κ3) is 3.75. The summed E-state index contributed by atoms with van der Waals surface area (Å²) in [6, 6.07) is 0. The van der Waals surface area contributed by atoms with Crippen molar-refractivity contribution in [3.05, 3.63) is 10.6 Å². The van der Waals surface area contributed by atoms with Gasteiger partial charge in [0.25, 0.3) is 0 Å². The Labute approximate surface area is 141 Å². The van der Waals surface area contributed by atoms with Crippen LogP contribution in [0.15, 0.2) is 0 Å². The van der Waals surface area contributed by atoms with E-state index in [1.165, 1.54) is 11.3 Å². The van der Waals surface area contributed by atoms with Gasteiger partial charge in [-0.15, -0.1) is 11.3 Å². The van der Waals surface area contributed by atoms with Gasteiger partial charge in [0.2, 0.25) is 15.9 Å². The molecular formula is C15H23N3O3S2. The molecule has 1 aliphatic carbocycles. The summed E-state index contributed by atoms with van der Waals surface area (Å²) in [5.74, 6) is 0.389. The van der Waals surface area contributed by atoms with Gasteiger partial charge in [-0.2, -0.15) is 4.31 Å². The third-order valence-corrected chi connectivity index (χ3v) is 7.45. The van der Waals surface area contributed by atoms with E-state index in [-0.39, 0.29) is 17.6 Å². The van der Waals surface area contributed by atoms with Crippen LogP contribution < -0.4 is 5.32 Å². The molecule has 3 rings (SSSR count). The average molecular weight is 358 g/mol. The van der Waals surface area contributed by atoms with E-state index < -0.39 is 10.0 Å². The third-order valence-electron chi connectivity index (χ3n) is 4.55. The molecule has 1 aromatic rings.